The second-order valence-corrected chi connectivity index (χ2v) is 5.47. The summed E-state index contributed by atoms with van der Waals surface area (Å²) in [5.41, 5.74) is 2.80. The Morgan fingerprint density at radius 3 is 2.74 bits per heavy atom. The molecular formula is C14H22N4O. The summed E-state index contributed by atoms with van der Waals surface area (Å²) in [6, 6.07) is 4.91. The van der Waals surface area contributed by atoms with Crippen LogP contribution in [0.15, 0.2) is 27.8 Å². The molecule has 2 aliphatic carbocycles. The molecule has 19 heavy (non-hydrogen) atoms. The zero-order valence-electron chi connectivity index (χ0n) is 11.2. The molecule has 1 aromatic heterocycles. The highest BCUT2D eigenvalue weighted by Gasteiger charge is 2.32. The predicted octanol–water partition coefficient (Wildman–Crippen LogP) is 2.01. The van der Waals surface area contributed by atoms with Crippen molar-refractivity contribution in [3.63, 3.8) is 0 Å². The molecule has 0 spiro atoms. The molecule has 0 saturated heterocycles. The van der Waals surface area contributed by atoms with Crippen LogP contribution in [0.3, 0.4) is 0 Å². The number of hydrogen-bond acceptors (Lipinski definition) is 3. The van der Waals surface area contributed by atoms with Crippen molar-refractivity contribution in [2.75, 3.05) is 0 Å². The first-order chi connectivity index (χ1) is 9.36. The van der Waals surface area contributed by atoms with Crippen LogP contribution in [-0.2, 0) is 6.54 Å². The number of hydrogen-bond donors (Lipinski definition) is 2. The Bertz CT molecular complexity index is 419. The molecule has 0 atom stereocenters. The van der Waals surface area contributed by atoms with Crippen LogP contribution in [-0.4, -0.2) is 22.9 Å². The zero-order chi connectivity index (χ0) is 13.1. The topological polar surface area (TPSA) is 66.8 Å². The van der Waals surface area contributed by atoms with Crippen molar-refractivity contribution in [2.24, 2.45) is 10.8 Å². The van der Waals surface area contributed by atoms with E-state index in [1.807, 2.05) is 12.1 Å². The van der Waals surface area contributed by atoms with Crippen LogP contribution in [0.1, 0.15) is 44.3 Å². The van der Waals surface area contributed by atoms with E-state index >= 15 is 0 Å². The molecule has 2 saturated carbocycles. The molecule has 0 aromatic carbocycles. The van der Waals surface area contributed by atoms with E-state index in [-0.39, 0.29) is 0 Å². The average Bonchev–Trinajstić information content (AvgIpc) is 2.92. The van der Waals surface area contributed by atoms with Gasteiger partial charge >= 0.3 is 0 Å². The Morgan fingerprint density at radius 1 is 1.37 bits per heavy atom. The van der Waals surface area contributed by atoms with Gasteiger partial charge in [-0.2, -0.15) is 0 Å². The SMILES string of the molecule is NNC(=NC1CCCC1)N(Cc1ccco1)C1CC1. The minimum atomic E-state index is 0.434. The van der Waals surface area contributed by atoms with Crippen molar-refractivity contribution in [1.29, 1.82) is 0 Å². The quantitative estimate of drug-likeness (QED) is 0.377. The Labute approximate surface area is 113 Å². The second kappa shape index (κ2) is 5.65. The molecule has 0 bridgehead atoms. The number of nitrogens with two attached hydrogens (primary N) is 1. The lowest BCUT2D eigenvalue weighted by molar-refractivity contribution is 0.341. The summed E-state index contributed by atoms with van der Waals surface area (Å²) < 4.78 is 5.44. The molecule has 5 heteroatoms. The molecule has 0 aliphatic heterocycles. The van der Waals surface area contributed by atoms with Gasteiger partial charge < -0.3 is 9.32 Å². The van der Waals surface area contributed by atoms with Crippen LogP contribution in [0.4, 0.5) is 0 Å². The second-order valence-electron chi connectivity index (χ2n) is 5.47. The highest BCUT2D eigenvalue weighted by atomic mass is 16.3. The van der Waals surface area contributed by atoms with Crippen LogP contribution < -0.4 is 11.3 Å². The molecule has 2 fully saturated rings. The minimum absolute atomic E-state index is 0.434. The molecule has 0 amide bonds. The van der Waals surface area contributed by atoms with E-state index in [4.69, 9.17) is 15.3 Å². The highest BCUT2D eigenvalue weighted by Crippen LogP contribution is 2.29. The van der Waals surface area contributed by atoms with Gasteiger partial charge in [-0.1, -0.05) is 12.8 Å². The van der Waals surface area contributed by atoms with E-state index in [9.17, 15) is 0 Å². The maximum atomic E-state index is 5.69. The maximum Gasteiger partial charge on any atom is 0.209 e. The lowest BCUT2D eigenvalue weighted by atomic mass is 10.3. The summed E-state index contributed by atoms with van der Waals surface area (Å²) in [7, 11) is 0. The van der Waals surface area contributed by atoms with Crippen LogP contribution in [0, 0.1) is 0 Å². The Morgan fingerprint density at radius 2 is 2.16 bits per heavy atom. The first-order valence-corrected chi connectivity index (χ1v) is 7.20. The largest absolute Gasteiger partial charge is 0.467 e. The van der Waals surface area contributed by atoms with Crippen molar-refractivity contribution in [1.82, 2.24) is 10.3 Å². The summed E-state index contributed by atoms with van der Waals surface area (Å²) in [4.78, 5) is 7.05. The van der Waals surface area contributed by atoms with Crippen LogP contribution in [0.5, 0.6) is 0 Å². The van der Waals surface area contributed by atoms with Crippen molar-refractivity contribution < 1.29 is 4.42 Å². The molecular weight excluding hydrogens is 240 g/mol. The number of nitrogens with zero attached hydrogens (tertiary/aromatic N) is 2. The lowest BCUT2D eigenvalue weighted by Crippen LogP contribution is -2.46. The molecule has 3 N–H and O–H groups in total. The van der Waals surface area contributed by atoms with Crippen LogP contribution in [0.2, 0.25) is 0 Å². The number of nitrogens with one attached hydrogen (secondary N) is 1. The maximum absolute atomic E-state index is 5.69. The fraction of sp³-hybridized carbons (Fsp3) is 0.643. The third-order valence-electron chi connectivity index (χ3n) is 3.92. The molecule has 3 rings (SSSR count). The van der Waals surface area contributed by atoms with E-state index in [0.717, 1.165) is 18.3 Å². The summed E-state index contributed by atoms with van der Waals surface area (Å²) in [6.45, 7) is 0.743. The molecule has 1 aromatic rings. The summed E-state index contributed by atoms with van der Waals surface area (Å²) in [6.07, 6.45) is 9.08. The predicted molar refractivity (Wildman–Crippen MR) is 74.3 cm³/mol. The average molecular weight is 262 g/mol. The smallest absolute Gasteiger partial charge is 0.209 e. The Balaban J connectivity index is 1.73. The van der Waals surface area contributed by atoms with Gasteiger partial charge in [-0.3, -0.25) is 5.43 Å². The molecule has 0 unspecified atom stereocenters. The van der Waals surface area contributed by atoms with Crippen molar-refractivity contribution in [2.45, 2.75) is 57.2 Å². The molecule has 104 valence electrons. The number of furan rings is 1. The van der Waals surface area contributed by atoms with Gasteiger partial charge in [0.1, 0.15) is 5.76 Å². The molecule has 0 radical (unpaired) electrons. The number of aliphatic imine (C=N–C) groups is 1. The number of hydrazine groups is 1. The van der Waals surface area contributed by atoms with Crippen molar-refractivity contribution >= 4 is 5.96 Å². The highest BCUT2D eigenvalue weighted by molar-refractivity contribution is 5.80. The van der Waals surface area contributed by atoms with Gasteiger partial charge in [-0.15, -0.1) is 0 Å². The third-order valence-corrected chi connectivity index (χ3v) is 3.92. The summed E-state index contributed by atoms with van der Waals surface area (Å²) >= 11 is 0. The van der Waals surface area contributed by atoms with Gasteiger partial charge in [-0.05, 0) is 37.8 Å². The first-order valence-electron chi connectivity index (χ1n) is 7.20. The van der Waals surface area contributed by atoms with E-state index in [0.29, 0.717) is 12.1 Å². The first kappa shape index (κ1) is 12.5. The van der Waals surface area contributed by atoms with Gasteiger partial charge in [0.2, 0.25) is 5.96 Å². The molecule has 1 heterocycles. The van der Waals surface area contributed by atoms with Gasteiger partial charge in [0, 0.05) is 6.04 Å². The summed E-state index contributed by atoms with van der Waals surface area (Å²) in [5, 5.41) is 0. The third kappa shape index (κ3) is 3.10. The van der Waals surface area contributed by atoms with Gasteiger partial charge in [0.25, 0.3) is 0 Å². The number of rotatable bonds is 4. The van der Waals surface area contributed by atoms with Crippen molar-refractivity contribution in [3.8, 4) is 0 Å². The number of guanidine groups is 1. The normalized spacial score (nSPS) is 20.8. The van der Waals surface area contributed by atoms with E-state index in [1.54, 1.807) is 6.26 Å². The van der Waals surface area contributed by atoms with Crippen molar-refractivity contribution in [3.05, 3.63) is 24.2 Å². The Kier molecular flexibility index (Phi) is 3.73. The molecule has 2 aliphatic rings. The fourth-order valence-electron chi connectivity index (χ4n) is 2.73. The minimum Gasteiger partial charge on any atom is -0.467 e. The van der Waals surface area contributed by atoms with E-state index in [1.165, 1.54) is 38.5 Å². The van der Waals surface area contributed by atoms with Gasteiger partial charge in [-0.25, -0.2) is 10.8 Å². The van der Waals surface area contributed by atoms with E-state index in [2.05, 4.69) is 10.3 Å². The monoisotopic (exact) mass is 262 g/mol. The fourth-order valence-corrected chi connectivity index (χ4v) is 2.73. The van der Waals surface area contributed by atoms with Gasteiger partial charge in [0.15, 0.2) is 0 Å². The van der Waals surface area contributed by atoms with E-state index < -0.39 is 0 Å². The standard InChI is InChI=1S/C14H22N4O/c15-17-14(16-11-4-1-2-5-11)18(12-7-8-12)10-13-6-3-9-19-13/h3,6,9,11-12H,1-2,4-5,7-8,10,15H2,(H,16,17). The summed E-state index contributed by atoms with van der Waals surface area (Å²) in [5.74, 6) is 7.48. The Hall–Kier alpha value is -1.49. The van der Waals surface area contributed by atoms with Gasteiger partial charge in [0.05, 0.1) is 18.8 Å². The zero-order valence-corrected chi connectivity index (χ0v) is 11.2. The molecule has 5 nitrogen and oxygen atoms in total. The lowest BCUT2D eigenvalue weighted by Gasteiger charge is -2.25. The van der Waals surface area contributed by atoms with Crippen LogP contribution in [0.25, 0.3) is 0 Å². The van der Waals surface area contributed by atoms with Crippen LogP contribution >= 0.6 is 0 Å².